The highest BCUT2D eigenvalue weighted by atomic mass is 32.2. The van der Waals surface area contributed by atoms with Crippen LogP contribution in [0.4, 0.5) is 0 Å². The van der Waals surface area contributed by atoms with Crippen molar-refractivity contribution in [2.24, 2.45) is 0 Å². The molecule has 80 valence electrons. The number of carbonyl (C=O) groups is 2. The predicted octanol–water partition coefficient (Wildman–Crippen LogP) is 2.39. The lowest BCUT2D eigenvalue weighted by molar-refractivity contribution is -0.111. The quantitative estimate of drug-likeness (QED) is 0.800. The maximum Gasteiger partial charge on any atom is 0.261 e. The Labute approximate surface area is 93.4 Å². The minimum Gasteiger partial charge on any atom is -0.289 e. The molecule has 0 saturated carbocycles. The summed E-state index contributed by atoms with van der Waals surface area (Å²) in [5, 5.41) is -0.0122. The van der Waals surface area contributed by atoms with Gasteiger partial charge >= 0.3 is 0 Å². The second-order valence-electron chi connectivity index (χ2n) is 3.02. The lowest BCUT2D eigenvalue weighted by Crippen LogP contribution is -2.17. The molecule has 1 aromatic rings. The van der Waals surface area contributed by atoms with Crippen molar-refractivity contribution < 1.29 is 9.59 Å². The van der Waals surface area contributed by atoms with Crippen molar-refractivity contribution in [3.05, 3.63) is 35.9 Å². The second-order valence-corrected chi connectivity index (χ2v) is 3.88. The van der Waals surface area contributed by atoms with Crippen LogP contribution in [-0.4, -0.2) is 11.0 Å². The van der Waals surface area contributed by atoms with E-state index in [0.29, 0.717) is 12.0 Å². The normalized spacial score (nSPS) is 9.67. The zero-order valence-electron chi connectivity index (χ0n) is 8.53. The second kappa shape index (κ2) is 6.24. The van der Waals surface area contributed by atoms with Gasteiger partial charge in [-0.15, -0.1) is 0 Å². The maximum absolute atomic E-state index is 11.5. The van der Waals surface area contributed by atoms with E-state index < -0.39 is 0 Å². The van der Waals surface area contributed by atoms with Crippen LogP contribution in [0, 0.1) is 0 Å². The molecule has 0 aliphatic carbocycles. The summed E-state index contributed by atoms with van der Waals surface area (Å²) >= 11 is 0.865. The van der Waals surface area contributed by atoms with Crippen LogP contribution < -0.4 is 4.72 Å². The maximum atomic E-state index is 11.5. The highest BCUT2D eigenvalue weighted by Gasteiger charge is 2.07. The van der Waals surface area contributed by atoms with Gasteiger partial charge in [-0.05, 0) is 18.6 Å². The Morgan fingerprint density at radius 1 is 1.27 bits per heavy atom. The van der Waals surface area contributed by atoms with E-state index >= 15 is 0 Å². The number of carbonyl (C=O) groups excluding carboxylic acids is 2. The van der Waals surface area contributed by atoms with Gasteiger partial charge in [0.15, 0.2) is 0 Å². The molecule has 0 aromatic heterocycles. The van der Waals surface area contributed by atoms with E-state index in [-0.39, 0.29) is 11.0 Å². The van der Waals surface area contributed by atoms with Gasteiger partial charge in [0.05, 0.1) is 0 Å². The number of rotatable bonds is 3. The fourth-order valence-electron chi connectivity index (χ4n) is 1.01. The van der Waals surface area contributed by atoms with Gasteiger partial charge in [-0.1, -0.05) is 25.1 Å². The van der Waals surface area contributed by atoms with E-state index in [0.717, 1.165) is 18.4 Å². The van der Waals surface area contributed by atoms with Crippen molar-refractivity contribution in [2.75, 3.05) is 0 Å². The molecule has 15 heavy (non-hydrogen) atoms. The Morgan fingerprint density at radius 3 is 2.53 bits per heavy atom. The first kappa shape index (κ1) is 11.8. The average Bonchev–Trinajstić information content (AvgIpc) is 2.27. The molecule has 0 fully saturated rings. The smallest absolute Gasteiger partial charge is 0.261 e. The summed E-state index contributed by atoms with van der Waals surface area (Å²) in [4.78, 5) is 22.6. The zero-order valence-corrected chi connectivity index (χ0v) is 9.34. The lowest BCUT2D eigenvalue weighted by atomic mass is 10.2. The van der Waals surface area contributed by atoms with Crippen LogP contribution in [0.5, 0.6) is 0 Å². The van der Waals surface area contributed by atoms with E-state index in [4.69, 9.17) is 0 Å². The summed E-state index contributed by atoms with van der Waals surface area (Å²) in [5.74, 6) is -0.231. The van der Waals surface area contributed by atoms with Gasteiger partial charge in [0.2, 0.25) is 5.12 Å². The van der Waals surface area contributed by atoms with Crippen molar-refractivity contribution in [1.29, 1.82) is 0 Å². The molecule has 0 heterocycles. The molecule has 0 unspecified atom stereocenters. The summed E-state index contributed by atoms with van der Waals surface area (Å²) in [6.07, 6.45) is 1.28. The van der Waals surface area contributed by atoms with Gasteiger partial charge in [0, 0.05) is 23.9 Å². The minimum atomic E-state index is -0.231. The Balaban J connectivity index is 2.40. The monoisotopic (exact) mass is 223 g/mol. The Morgan fingerprint density at radius 2 is 1.93 bits per heavy atom. The molecule has 0 saturated heterocycles. The molecule has 0 radical (unpaired) electrons. The summed E-state index contributed by atoms with van der Waals surface area (Å²) in [6, 6.07) is 8.83. The first-order valence-corrected chi connectivity index (χ1v) is 5.60. The molecule has 0 bridgehead atoms. The molecule has 1 N–H and O–H groups in total. The van der Waals surface area contributed by atoms with Gasteiger partial charge < -0.3 is 0 Å². The first-order valence-electron chi connectivity index (χ1n) is 4.79. The molecule has 1 rings (SSSR count). The molecule has 4 heteroatoms. The van der Waals surface area contributed by atoms with Crippen LogP contribution in [0.1, 0.15) is 30.1 Å². The van der Waals surface area contributed by atoms with Crippen LogP contribution in [0.3, 0.4) is 0 Å². The van der Waals surface area contributed by atoms with E-state index in [9.17, 15) is 9.59 Å². The van der Waals surface area contributed by atoms with Crippen LogP contribution in [0.15, 0.2) is 30.3 Å². The van der Waals surface area contributed by atoms with E-state index in [2.05, 4.69) is 4.72 Å². The van der Waals surface area contributed by atoms with Crippen LogP contribution in [0.2, 0.25) is 0 Å². The molecular weight excluding hydrogens is 210 g/mol. The van der Waals surface area contributed by atoms with Crippen molar-refractivity contribution in [3.63, 3.8) is 0 Å². The van der Waals surface area contributed by atoms with Gasteiger partial charge in [-0.2, -0.15) is 0 Å². The molecule has 0 aliphatic rings. The number of hydrogen-bond acceptors (Lipinski definition) is 3. The number of nitrogens with one attached hydrogen (secondary N) is 1. The van der Waals surface area contributed by atoms with Gasteiger partial charge in [-0.3, -0.25) is 14.3 Å². The number of amides is 1. The predicted molar refractivity (Wildman–Crippen MR) is 61.4 cm³/mol. The van der Waals surface area contributed by atoms with Gasteiger partial charge in [-0.25, -0.2) is 0 Å². The lowest BCUT2D eigenvalue weighted by Gasteiger charge is -2.02. The fourth-order valence-corrected chi connectivity index (χ4v) is 1.64. The van der Waals surface area contributed by atoms with E-state index in [1.54, 1.807) is 24.3 Å². The standard InChI is InChI=1S/C11H13NO2S/c1-2-6-10(13)15-12-11(14)9-7-4-3-5-8-9/h3-5,7-8H,2,6H2,1H3,(H,12,14). The van der Waals surface area contributed by atoms with E-state index in [1.165, 1.54) is 0 Å². The van der Waals surface area contributed by atoms with Crippen LogP contribution in [-0.2, 0) is 4.79 Å². The highest BCUT2D eigenvalue weighted by molar-refractivity contribution is 8.12. The van der Waals surface area contributed by atoms with Crippen molar-refractivity contribution in [1.82, 2.24) is 4.72 Å². The molecular formula is C11H13NO2S. The van der Waals surface area contributed by atoms with Gasteiger partial charge in [0.1, 0.15) is 0 Å². The zero-order chi connectivity index (χ0) is 11.1. The Bertz CT molecular complexity index is 338. The highest BCUT2D eigenvalue weighted by Crippen LogP contribution is 2.05. The number of hydrogen-bond donors (Lipinski definition) is 1. The third-order valence-corrected chi connectivity index (χ3v) is 2.47. The summed E-state index contributed by atoms with van der Waals surface area (Å²) in [5.41, 5.74) is 0.564. The topological polar surface area (TPSA) is 46.2 Å². The molecule has 1 amide bonds. The fraction of sp³-hybridized carbons (Fsp3) is 0.273. The van der Waals surface area contributed by atoms with E-state index in [1.807, 2.05) is 13.0 Å². The van der Waals surface area contributed by atoms with Crippen molar-refractivity contribution >= 4 is 23.0 Å². The molecule has 0 spiro atoms. The number of benzene rings is 1. The minimum absolute atomic E-state index is 0.0122. The molecule has 1 aromatic carbocycles. The van der Waals surface area contributed by atoms with Crippen molar-refractivity contribution in [2.45, 2.75) is 19.8 Å². The Hall–Kier alpha value is -1.29. The molecule has 0 atom stereocenters. The molecule has 3 nitrogen and oxygen atoms in total. The third kappa shape index (κ3) is 4.16. The third-order valence-electron chi connectivity index (χ3n) is 1.75. The van der Waals surface area contributed by atoms with Gasteiger partial charge in [0.25, 0.3) is 5.91 Å². The van der Waals surface area contributed by atoms with Crippen LogP contribution in [0.25, 0.3) is 0 Å². The average molecular weight is 223 g/mol. The SMILES string of the molecule is CCCC(=O)SNC(=O)c1ccccc1. The van der Waals surface area contributed by atoms with Crippen LogP contribution >= 0.6 is 11.9 Å². The largest absolute Gasteiger partial charge is 0.289 e. The summed E-state index contributed by atoms with van der Waals surface area (Å²) in [6.45, 7) is 1.93. The first-order chi connectivity index (χ1) is 7.24. The molecule has 0 aliphatic heterocycles. The summed E-state index contributed by atoms with van der Waals surface area (Å²) in [7, 11) is 0. The summed E-state index contributed by atoms with van der Waals surface area (Å²) < 4.78 is 2.51. The van der Waals surface area contributed by atoms with Crippen molar-refractivity contribution in [3.8, 4) is 0 Å². The Kier molecular flexibility index (Phi) is 4.90.